The molecule has 0 fully saturated rings. The van der Waals surface area contributed by atoms with E-state index in [0.29, 0.717) is 6.32 Å². The third kappa shape index (κ3) is 1.10. The van der Waals surface area contributed by atoms with Crippen molar-refractivity contribution in [3.8, 4) is 0 Å². The highest BCUT2D eigenvalue weighted by Gasteiger charge is 2.22. The molecule has 1 radical (unpaired) electrons. The average Bonchev–Trinajstić information content (AvgIpc) is 2.34. The first-order valence-corrected chi connectivity index (χ1v) is 2.90. The Morgan fingerprint density at radius 3 is 2.90 bits per heavy atom. The second kappa shape index (κ2) is 2.69. The van der Waals surface area contributed by atoms with Crippen LogP contribution in [0.3, 0.4) is 0 Å². The molecule has 0 aromatic rings. The van der Waals surface area contributed by atoms with Gasteiger partial charge in [0, 0.05) is 0 Å². The van der Waals surface area contributed by atoms with E-state index in [1.165, 1.54) is 13.1 Å². The van der Waals surface area contributed by atoms with Crippen LogP contribution in [0.15, 0.2) is 11.5 Å². The van der Waals surface area contributed by atoms with Crippen molar-refractivity contribution in [2.75, 3.05) is 7.11 Å². The Balaban J connectivity index is 2.72. The second-order valence-corrected chi connectivity index (χ2v) is 1.93. The van der Waals surface area contributed by atoms with Gasteiger partial charge in [-0.05, 0) is 6.32 Å². The van der Waals surface area contributed by atoms with Crippen molar-refractivity contribution in [2.24, 2.45) is 0 Å². The quantitative estimate of drug-likeness (QED) is 0.284. The lowest BCUT2D eigenvalue weighted by Crippen LogP contribution is -2.09. The van der Waals surface area contributed by atoms with Crippen LogP contribution in [0.5, 0.6) is 0 Å². The molecule has 4 heteroatoms. The summed E-state index contributed by atoms with van der Waals surface area (Å²) in [5.41, 5.74) is 0.155. The first-order valence-electron chi connectivity index (χ1n) is 2.90. The molecule has 0 aromatic carbocycles. The highest BCUT2D eigenvalue weighted by Crippen LogP contribution is 2.09. The zero-order valence-electron chi connectivity index (χ0n) is 5.59. The summed E-state index contributed by atoms with van der Waals surface area (Å²) in [6.07, 6.45) is 0.324. The molecule has 1 heterocycles. The Kier molecular flexibility index (Phi) is 1.90. The van der Waals surface area contributed by atoms with Crippen LogP contribution in [0, 0.1) is 0 Å². The smallest absolute Gasteiger partial charge is 0.340 e. The predicted molar refractivity (Wildman–Crippen MR) is 35.7 cm³/mol. The van der Waals surface area contributed by atoms with Gasteiger partial charge in [-0.15, -0.1) is 5.98 Å². The van der Waals surface area contributed by atoms with Gasteiger partial charge in [0.15, 0.2) is 13.1 Å². The zero-order chi connectivity index (χ0) is 7.56. The molecule has 51 valence electrons. The van der Waals surface area contributed by atoms with Gasteiger partial charge < -0.3 is 4.74 Å². The molecule has 0 atom stereocenters. The minimum absolute atomic E-state index is 0.155. The molecule has 0 bridgehead atoms. The van der Waals surface area contributed by atoms with E-state index < -0.39 is 5.97 Å². The van der Waals surface area contributed by atoms with Crippen molar-refractivity contribution in [1.29, 1.82) is 0 Å². The zero-order valence-corrected chi connectivity index (χ0v) is 5.59. The number of methoxy groups -OCH3 is 1. The van der Waals surface area contributed by atoms with Gasteiger partial charge >= 0.3 is 5.97 Å². The van der Waals surface area contributed by atoms with Gasteiger partial charge in [0.05, 0.1) is 12.7 Å². The third-order valence-electron chi connectivity index (χ3n) is 1.29. The first-order chi connectivity index (χ1) is 4.75. The van der Waals surface area contributed by atoms with Crippen LogP contribution in [-0.2, 0) is 14.3 Å². The molecule has 0 aliphatic carbocycles. The second-order valence-electron chi connectivity index (χ2n) is 1.93. The van der Waals surface area contributed by atoms with Crippen molar-refractivity contribution < 1.29 is 14.3 Å². The Morgan fingerprint density at radius 2 is 2.50 bits per heavy atom. The largest absolute Gasteiger partial charge is 0.465 e. The van der Waals surface area contributed by atoms with Crippen LogP contribution in [0.4, 0.5) is 0 Å². The molecule has 0 saturated carbocycles. The maximum absolute atomic E-state index is 10.8. The fourth-order valence-electron chi connectivity index (χ4n) is 0.779. The lowest BCUT2D eigenvalue weighted by Gasteiger charge is -1.95. The molecule has 0 unspecified atom stereocenters. The van der Waals surface area contributed by atoms with E-state index in [1.54, 1.807) is 7.28 Å². The Morgan fingerprint density at radius 1 is 1.80 bits per heavy atom. The summed E-state index contributed by atoms with van der Waals surface area (Å²) in [6.45, 7) is 0. The summed E-state index contributed by atoms with van der Waals surface area (Å²) >= 11 is 0. The van der Waals surface area contributed by atoms with Crippen LogP contribution in [0.25, 0.3) is 0 Å². The van der Waals surface area contributed by atoms with Gasteiger partial charge in [0.1, 0.15) is 0 Å². The average molecular weight is 137 g/mol. The lowest BCUT2D eigenvalue weighted by atomic mass is 9.79. The molecule has 10 heavy (non-hydrogen) atoms. The number of carbonyl (C=O) groups is 2. The first kappa shape index (κ1) is 7.06. The summed E-state index contributed by atoms with van der Waals surface area (Å²) in [4.78, 5) is 21.5. The number of hydrogen-bond donors (Lipinski definition) is 0. The summed E-state index contributed by atoms with van der Waals surface area (Å²) in [7, 11) is 2.91. The lowest BCUT2D eigenvalue weighted by molar-refractivity contribution is -0.137. The van der Waals surface area contributed by atoms with Crippen molar-refractivity contribution in [2.45, 2.75) is 6.32 Å². The summed E-state index contributed by atoms with van der Waals surface area (Å²) < 4.78 is 4.36. The number of ether oxygens (including phenoxy) is 1. The molecular formula is C6H6BO3. The Bertz CT molecular complexity index is 207. The molecule has 0 amide bonds. The van der Waals surface area contributed by atoms with Crippen molar-refractivity contribution >= 4 is 19.0 Å². The van der Waals surface area contributed by atoms with Crippen molar-refractivity contribution in [3.63, 3.8) is 0 Å². The normalized spacial score (nSPS) is 16.1. The molecular weight excluding hydrogens is 131 g/mol. The van der Waals surface area contributed by atoms with E-state index in [2.05, 4.69) is 4.74 Å². The standard InChI is InChI=1S/C6H6BO3/c1-10-6(9)4-2-7-3-5(4)8/h2H,3H2,1H3. The van der Waals surface area contributed by atoms with E-state index in [9.17, 15) is 9.59 Å². The number of carbonyl (C=O) groups excluding carboxylic acids is 2. The molecule has 0 spiro atoms. The molecule has 1 aliphatic heterocycles. The van der Waals surface area contributed by atoms with Gasteiger partial charge in [-0.25, -0.2) is 4.79 Å². The fourth-order valence-corrected chi connectivity index (χ4v) is 0.779. The summed E-state index contributed by atoms with van der Waals surface area (Å²) in [5, 5.41) is 0. The van der Waals surface area contributed by atoms with Crippen LogP contribution >= 0.6 is 0 Å². The Hall–Kier alpha value is -1.06. The summed E-state index contributed by atoms with van der Waals surface area (Å²) in [5.74, 6) is 0.791. The molecule has 1 rings (SSSR count). The fraction of sp³-hybridized carbons (Fsp3) is 0.333. The monoisotopic (exact) mass is 137 g/mol. The SMILES string of the molecule is COC(=O)C1=C[B]CC1=O. The molecule has 0 N–H and O–H groups in total. The van der Waals surface area contributed by atoms with Crippen LogP contribution in [0.2, 0.25) is 6.32 Å². The van der Waals surface area contributed by atoms with E-state index in [0.717, 1.165) is 0 Å². The topological polar surface area (TPSA) is 43.4 Å². The van der Waals surface area contributed by atoms with Gasteiger partial charge in [0.25, 0.3) is 0 Å². The van der Waals surface area contributed by atoms with Crippen molar-refractivity contribution in [1.82, 2.24) is 0 Å². The van der Waals surface area contributed by atoms with E-state index in [4.69, 9.17) is 0 Å². The van der Waals surface area contributed by atoms with Crippen LogP contribution in [0.1, 0.15) is 0 Å². The van der Waals surface area contributed by atoms with Gasteiger partial charge in [0.2, 0.25) is 0 Å². The number of rotatable bonds is 1. The number of Topliss-reactive ketones (excluding diaryl/α,β-unsaturated/α-hetero) is 1. The number of esters is 1. The van der Waals surface area contributed by atoms with Crippen molar-refractivity contribution in [3.05, 3.63) is 11.5 Å². The number of ketones is 1. The van der Waals surface area contributed by atoms with E-state index in [-0.39, 0.29) is 11.4 Å². The van der Waals surface area contributed by atoms with Crippen LogP contribution in [-0.4, -0.2) is 26.1 Å². The van der Waals surface area contributed by atoms with Gasteiger partial charge in [-0.1, -0.05) is 0 Å². The minimum atomic E-state index is -0.543. The highest BCUT2D eigenvalue weighted by atomic mass is 16.5. The molecule has 0 saturated heterocycles. The maximum atomic E-state index is 10.8. The van der Waals surface area contributed by atoms with Gasteiger partial charge in [-0.2, -0.15) is 0 Å². The molecule has 0 aromatic heterocycles. The number of hydrogen-bond acceptors (Lipinski definition) is 3. The van der Waals surface area contributed by atoms with E-state index >= 15 is 0 Å². The Labute approximate surface area is 59.3 Å². The van der Waals surface area contributed by atoms with Crippen LogP contribution < -0.4 is 0 Å². The molecule has 1 aliphatic rings. The van der Waals surface area contributed by atoms with Gasteiger partial charge in [-0.3, -0.25) is 4.79 Å². The predicted octanol–water partition coefficient (Wildman–Crippen LogP) is -0.252. The van der Waals surface area contributed by atoms with E-state index in [1.807, 2.05) is 0 Å². The minimum Gasteiger partial charge on any atom is -0.465 e. The molecule has 3 nitrogen and oxygen atoms in total. The summed E-state index contributed by atoms with van der Waals surface area (Å²) in [6, 6.07) is 0. The highest BCUT2D eigenvalue weighted by molar-refractivity contribution is 6.56. The maximum Gasteiger partial charge on any atom is 0.340 e. The third-order valence-corrected chi connectivity index (χ3v) is 1.29.